The standard InChI is InChI=1S/C30H37N5O6/c1-18-15-35(19(2)17-36)29(38)24-14-23(31-27(37)13-22-9-7-6-8-10-22)11-12-25(24)40-26(18)16-34(5)30(39)32-28-20(3)33-41-21(28)4/h6-12,14,18-19,26,36H,13,15-17H2,1-5H3,(H,31,37)(H,32,39)/t18-,19-,26+/m0/s1. The smallest absolute Gasteiger partial charge is 0.321 e. The average molecular weight is 564 g/mol. The zero-order valence-corrected chi connectivity index (χ0v) is 24.0. The van der Waals surface area contributed by atoms with Crippen LogP contribution in [0.2, 0.25) is 0 Å². The first-order chi connectivity index (χ1) is 19.6. The number of carbonyl (C=O) groups is 3. The molecule has 0 radical (unpaired) electrons. The third-order valence-corrected chi connectivity index (χ3v) is 7.22. The summed E-state index contributed by atoms with van der Waals surface area (Å²) in [4.78, 5) is 42.5. The Balaban J connectivity index is 1.56. The van der Waals surface area contributed by atoms with Crippen molar-refractivity contribution in [3.8, 4) is 5.75 Å². The Morgan fingerprint density at radius 3 is 2.56 bits per heavy atom. The van der Waals surface area contributed by atoms with Gasteiger partial charge in [-0.25, -0.2) is 4.79 Å². The number of benzene rings is 2. The highest BCUT2D eigenvalue weighted by Crippen LogP contribution is 2.31. The monoisotopic (exact) mass is 563 g/mol. The van der Waals surface area contributed by atoms with Crippen LogP contribution < -0.4 is 15.4 Å². The Hall–Kier alpha value is -4.38. The molecule has 0 bridgehead atoms. The minimum absolute atomic E-state index is 0.180. The van der Waals surface area contributed by atoms with E-state index in [9.17, 15) is 19.5 Å². The lowest BCUT2D eigenvalue weighted by molar-refractivity contribution is -0.115. The first-order valence-electron chi connectivity index (χ1n) is 13.6. The van der Waals surface area contributed by atoms with E-state index >= 15 is 0 Å². The number of aliphatic hydroxyl groups excluding tert-OH is 1. The summed E-state index contributed by atoms with van der Waals surface area (Å²) in [5.41, 5.74) is 2.70. The summed E-state index contributed by atoms with van der Waals surface area (Å²) < 4.78 is 11.5. The van der Waals surface area contributed by atoms with Crippen LogP contribution in [0, 0.1) is 19.8 Å². The van der Waals surface area contributed by atoms with Crippen molar-refractivity contribution in [3.63, 3.8) is 0 Å². The number of aryl methyl sites for hydroxylation is 2. The number of aromatic nitrogens is 1. The molecule has 3 aromatic rings. The van der Waals surface area contributed by atoms with Gasteiger partial charge in [0.2, 0.25) is 5.91 Å². The number of amides is 4. The van der Waals surface area contributed by atoms with E-state index in [4.69, 9.17) is 9.26 Å². The van der Waals surface area contributed by atoms with Crippen molar-refractivity contribution in [3.05, 3.63) is 71.1 Å². The number of aliphatic hydroxyl groups is 1. The van der Waals surface area contributed by atoms with E-state index in [-0.39, 0.29) is 48.9 Å². The van der Waals surface area contributed by atoms with Crippen LogP contribution in [0.1, 0.15) is 41.2 Å². The van der Waals surface area contributed by atoms with Crippen LogP contribution in [0.4, 0.5) is 16.2 Å². The summed E-state index contributed by atoms with van der Waals surface area (Å²) in [7, 11) is 1.66. The first kappa shape index (κ1) is 29.6. The predicted octanol–water partition coefficient (Wildman–Crippen LogP) is 3.86. The molecule has 1 aliphatic heterocycles. The van der Waals surface area contributed by atoms with E-state index in [0.717, 1.165) is 5.56 Å². The van der Waals surface area contributed by atoms with E-state index in [0.29, 0.717) is 35.1 Å². The highest BCUT2D eigenvalue weighted by atomic mass is 16.5. The largest absolute Gasteiger partial charge is 0.487 e. The van der Waals surface area contributed by atoms with Crippen molar-refractivity contribution < 1.29 is 28.8 Å². The van der Waals surface area contributed by atoms with Crippen molar-refractivity contribution >= 4 is 29.2 Å². The number of hydrogen-bond acceptors (Lipinski definition) is 7. The normalized spacial score (nSPS) is 17.5. The third-order valence-electron chi connectivity index (χ3n) is 7.22. The number of nitrogens with zero attached hydrogens (tertiary/aromatic N) is 3. The Labute approximate surface area is 239 Å². The van der Waals surface area contributed by atoms with E-state index in [1.54, 1.807) is 50.9 Å². The van der Waals surface area contributed by atoms with Gasteiger partial charge in [0.15, 0.2) is 5.76 Å². The molecule has 4 rings (SSSR count). The van der Waals surface area contributed by atoms with Gasteiger partial charge in [0.05, 0.1) is 31.2 Å². The van der Waals surface area contributed by atoms with Crippen LogP contribution in [0.5, 0.6) is 5.75 Å². The molecule has 11 heteroatoms. The lowest BCUT2D eigenvalue weighted by atomic mass is 9.99. The molecule has 0 saturated heterocycles. The van der Waals surface area contributed by atoms with Gasteiger partial charge in [-0.05, 0) is 44.5 Å². The fourth-order valence-corrected chi connectivity index (χ4v) is 4.72. The maximum atomic E-state index is 13.7. The first-order valence-corrected chi connectivity index (χ1v) is 13.6. The fourth-order valence-electron chi connectivity index (χ4n) is 4.72. The molecule has 0 fully saturated rings. The van der Waals surface area contributed by atoms with Gasteiger partial charge < -0.3 is 34.8 Å². The van der Waals surface area contributed by atoms with E-state index in [2.05, 4.69) is 15.8 Å². The summed E-state index contributed by atoms with van der Waals surface area (Å²) in [6.07, 6.45) is -0.285. The molecule has 2 heterocycles. The number of hydrogen-bond donors (Lipinski definition) is 3. The molecule has 41 heavy (non-hydrogen) atoms. The van der Waals surface area contributed by atoms with Crippen molar-refractivity contribution in [2.45, 2.75) is 46.3 Å². The van der Waals surface area contributed by atoms with Crippen LogP contribution in [0.15, 0.2) is 53.1 Å². The van der Waals surface area contributed by atoms with Gasteiger partial charge >= 0.3 is 6.03 Å². The van der Waals surface area contributed by atoms with Gasteiger partial charge in [-0.1, -0.05) is 42.4 Å². The number of carbonyl (C=O) groups excluding carboxylic acids is 3. The fraction of sp³-hybridized carbons (Fsp3) is 0.400. The van der Waals surface area contributed by atoms with Crippen LogP contribution in [-0.2, 0) is 11.2 Å². The molecule has 11 nitrogen and oxygen atoms in total. The molecule has 218 valence electrons. The molecule has 2 aromatic carbocycles. The summed E-state index contributed by atoms with van der Waals surface area (Å²) in [6, 6.07) is 13.5. The molecule has 3 atom stereocenters. The lowest BCUT2D eigenvalue weighted by Gasteiger charge is -2.38. The minimum atomic E-state index is -0.478. The molecule has 1 aromatic heterocycles. The molecular weight excluding hydrogens is 526 g/mol. The second kappa shape index (κ2) is 12.9. The Morgan fingerprint density at radius 1 is 1.17 bits per heavy atom. The highest BCUT2D eigenvalue weighted by molar-refractivity contribution is 6.00. The Morgan fingerprint density at radius 2 is 1.90 bits per heavy atom. The molecule has 3 N–H and O–H groups in total. The van der Waals surface area contributed by atoms with Crippen LogP contribution in [0.25, 0.3) is 0 Å². The molecule has 0 spiro atoms. The van der Waals surface area contributed by atoms with Crippen LogP contribution >= 0.6 is 0 Å². The average Bonchev–Trinajstić information content (AvgIpc) is 3.27. The van der Waals surface area contributed by atoms with Crippen molar-refractivity contribution in [1.29, 1.82) is 0 Å². The zero-order valence-electron chi connectivity index (χ0n) is 24.0. The van der Waals surface area contributed by atoms with Gasteiger partial charge in [-0.3, -0.25) is 9.59 Å². The second-order valence-electron chi connectivity index (χ2n) is 10.6. The second-order valence-corrected chi connectivity index (χ2v) is 10.6. The highest BCUT2D eigenvalue weighted by Gasteiger charge is 2.34. The summed E-state index contributed by atoms with van der Waals surface area (Å²) in [5.74, 6) is 0.138. The number of ether oxygens (including phenoxy) is 1. The van der Waals surface area contributed by atoms with Gasteiger partial charge in [0, 0.05) is 25.2 Å². The predicted molar refractivity (Wildman–Crippen MR) is 154 cm³/mol. The van der Waals surface area contributed by atoms with Gasteiger partial charge in [-0.15, -0.1) is 0 Å². The number of likely N-dealkylation sites (N-methyl/N-ethyl adjacent to an activating group) is 1. The quantitative estimate of drug-likeness (QED) is 0.379. The Bertz CT molecular complexity index is 1370. The van der Waals surface area contributed by atoms with Crippen molar-refractivity contribution in [1.82, 2.24) is 15.0 Å². The van der Waals surface area contributed by atoms with Gasteiger partial charge in [0.1, 0.15) is 23.2 Å². The maximum Gasteiger partial charge on any atom is 0.321 e. The number of fused-ring (bicyclic) bond motifs is 1. The number of nitrogens with one attached hydrogen (secondary N) is 2. The number of rotatable bonds is 8. The van der Waals surface area contributed by atoms with E-state index < -0.39 is 12.1 Å². The molecular formula is C30H37N5O6. The maximum absolute atomic E-state index is 13.7. The molecule has 0 aliphatic carbocycles. The number of anilines is 2. The number of urea groups is 1. The molecule has 4 amide bonds. The minimum Gasteiger partial charge on any atom is -0.487 e. The molecule has 0 saturated carbocycles. The van der Waals surface area contributed by atoms with Crippen LogP contribution in [-0.4, -0.2) is 76.8 Å². The van der Waals surface area contributed by atoms with E-state index in [1.807, 2.05) is 37.3 Å². The summed E-state index contributed by atoms with van der Waals surface area (Å²) in [6.45, 7) is 7.49. The van der Waals surface area contributed by atoms with E-state index in [1.165, 1.54) is 4.90 Å². The van der Waals surface area contributed by atoms with Crippen molar-refractivity contribution in [2.24, 2.45) is 5.92 Å². The van der Waals surface area contributed by atoms with Gasteiger partial charge in [0.25, 0.3) is 5.91 Å². The zero-order chi connectivity index (χ0) is 29.7. The topological polar surface area (TPSA) is 137 Å². The van der Waals surface area contributed by atoms with Crippen LogP contribution in [0.3, 0.4) is 0 Å². The summed E-state index contributed by atoms with van der Waals surface area (Å²) >= 11 is 0. The SMILES string of the molecule is Cc1noc(C)c1NC(=O)N(C)C[C@H]1Oc2ccc(NC(=O)Cc3ccccc3)cc2C(=O)N([C@@H](C)CO)C[C@@H]1C. The summed E-state index contributed by atoms with van der Waals surface area (Å²) in [5, 5.41) is 19.5. The lowest BCUT2D eigenvalue weighted by Crippen LogP contribution is -2.50. The Kier molecular flexibility index (Phi) is 9.28. The van der Waals surface area contributed by atoms with Crippen molar-refractivity contribution in [2.75, 3.05) is 37.4 Å². The third kappa shape index (κ3) is 7.04. The molecule has 1 aliphatic rings. The molecule has 0 unspecified atom stereocenters. The van der Waals surface area contributed by atoms with Gasteiger partial charge in [-0.2, -0.15) is 0 Å².